The van der Waals surface area contributed by atoms with E-state index >= 15 is 0 Å². The summed E-state index contributed by atoms with van der Waals surface area (Å²) in [5.74, 6) is 1.40. The summed E-state index contributed by atoms with van der Waals surface area (Å²) in [6.07, 6.45) is 3.35. The summed E-state index contributed by atoms with van der Waals surface area (Å²) in [4.78, 5) is 14.5. The Hall–Kier alpha value is -1.75. The molecule has 0 radical (unpaired) electrons. The Balaban J connectivity index is 1.81. The van der Waals surface area contributed by atoms with Gasteiger partial charge in [-0.3, -0.25) is 4.79 Å². The molecule has 5 heteroatoms. The SMILES string of the molecule is NCCN(C(=O)c1ccc2c(c1)OCCO2)C1CCC1. The highest BCUT2D eigenvalue weighted by Gasteiger charge is 2.29. The third kappa shape index (κ3) is 2.45. The lowest BCUT2D eigenvalue weighted by Gasteiger charge is -2.37. The number of rotatable bonds is 4. The Labute approximate surface area is 118 Å². The Morgan fingerprint density at radius 1 is 1.25 bits per heavy atom. The van der Waals surface area contributed by atoms with E-state index in [9.17, 15) is 4.79 Å². The van der Waals surface area contributed by atoms with Crippen LogP contribution in [0.1, 0.15) is 29.6 Å². The molecule has 5 nitrogen and oxygen atoms in total. The zero-order valence-corrected chi connectivity index (χ0v) is 11.5. The van der Waals surface area contributed by atoms with Crippen molar-refractivity contribution in [3.05, 3.63) is 23.8 Å². The summed E-state index contributed by atoms with van der Waals surface area (Å²) >= 11 is 0. The van der Waals surface area contributed by atoms with Gasteiger partial charge in [0.05, 0.1) is 0 Å². The van der Waals surface area contributed by atoms with Crippen molar-refractivity contribution in [3.63, 3.8) is 0 Å². The van der Waals surface area contributed by atoms with Crippen LogP contribution in [-0.2, 0) is 0 Å². The zero-order chi connectivity index (χ0) is 13.9. The molecule has 0 atom stereocenters. The smallest absolute Gasteiger partial charge is 0.254 e. The highest BCUT2D eigenvalue weighted by Crippen LogP contribution is 2.32. The van der Waals surface area contributed by atoms with Crippen molar-refractivity contribution < 1.29 is 14.3 Å². The van der Waals surface area contributed by atoms with E-state index in [-0.39, 0.29) is 5.91 Å². The molecule has 1 saturated carbocycles. The fourth-order valence-corrected chi connectivity index (χ4v) is 2.63. The van der Waals surface area contributed by atoms with Crippen LogP contribution in [0, 0.1) is 0 Å². The van der Waals surface area contributed by atoms with Crippen LogP contribution in [-0.4, -0.2) is 43.2 Å². The predicted octanol–water partition coefficient (Wildman–Crippen LogP) is 1.41. The second kappa shape index (κ2) is 5.71. The molecule has 108 valence electrons. The summed E-state index contributed by atoms with van der Waals surface area (Å²) < 4.78 is 11.0. The van der Waals surface area contributed by atoms with E-state index in [2.05, 4.69) is 0 Å². The number of hydrogen-bond acceptors (Lipinski definition) is 4. The summed E-state index contributed by atoms with van der Waals surface area (Å²) in [6.45, 7) is 2.19. The quantitative estimate of drug-likeness (QED) is 0.903. The van der Waals surface area contributed by atoms with Gasteiger partial charge in [0.25, 0.3) is 5.91 Å². The molecule has 1 aromatic carbocycles. The third-order valence-electron chi connectivity index (χ3n) is 3.94. The molecule has 0 unspecified atom stereocenters. The molecule has 1 heterocycles. The van der Waals surface area contributed by atoms with Crippen molar-refractivity contribution in [1.29, 1.82) is 0 Å². The first-order chi connectivity index (χ1) is 9.79. The molecule has 2 aliphatic rings. The number of carbonyl (C=O) groups excluding carboxylic acids is 1. The van der Waals surface area contributed by atoms with Gasteiger partial charge in [-0.15, -0.1) is 0 Å². The highest BCUT2D eigenvalue weighted by atomic mass is 16.6. The molecule has 20 heavy (non-hydrogen) atoms. The highest BCUT2D eigenvalue weighted by molar-refractivity contribution is 5.95. The van der Waals surface area contributed by atoms with Gasteiger partial charge in [-0.25, -0.2) is 0 Å². The molecule has 2 N–H and O–H groups in total. The molecule has 1 fully saturated rings. The van der Waals surface area contributed by atoms with Crippen LogP contribution >= 0.6 is 0 Å². The maximum atomic E-state index is 12.6. The van der Waals surface area contributed by atoms with E-state index in [4.69, 9.17) is 15.2 Å². The molecule has 0 spiro atoms. The fourth-order valence-electron chi connectivity index (χ4n) is 2.63. The van der Waals surface area contributed by atoms with Crippen LogP contribution in [0.15, 0.2) is 18.2 Å². The molecule has 1 aliphatic carbocycles. The van der Waals surface area contributed by atoms with Crippen molar-refractivity contribution in [1.82, 2.24) is 4.90 Å². The second-order valence-electron chi connectivity index (χ2n) is 5.23. The maximum Gasteiger partial charge on any atom is 0.254 e. The zero-order valence-electron chi connectivity index (χ0n) is 11.5. The topological polar surface area (TPSA) is 64.8 Å². The lowest BCUT2D eigenvalue weighted by atomic mass is 9.91. The number of nitrogens with two attached hydrogens (primary N) is 1. The predicted molar refractivity (Wildman–Crippen MR) is 75.2 cm³/mol. The molecule has 1 amide bonds. The Bertz CT molecular complexity index is 500. The average Bonchev–Trinajstić information content (AvgIpc) is 2.43. The van der Waals surface area contributed by atoms with E-state index in [1.54, 1.807) is 12.1 Å². The number of fused-ring (bicyclic) bond motifs is 1. The van der Waals surface area contributed by atoms with Gasteiger partial charge in [0.15, 0.2) is 11.5 Å². The van der Waals surface area contributed by atoms with Gasteiger partial charge in [-0.2, -0.15) is 0 Å². The van der Waals surface area contributed by atoms with Gasteiger partial charge in [0, 0.05) is 24.7 Å². The first-order valence-electron chi connectivity index (χ1n) is 7.20. The van der Waals surface area contributed by atoms with Crippen molar-refractivity contribution in [3.8, 4) is 11.5 Å². The van der Waals surface area contributed by atoms with Crippen LogP contribution in [0.4, 0.5) is 0 Å². The van der Waals surface area contributed by atoms with Crippen LogP contribution in [0.25, 0.3) is 0 Å². The summed E-state index contributed by atoms with van der Waals surface area (Å²) in [5, 5.41) is 0. The Morgan fingerprint density at radius 2 is 2.00 bits per heavy atom. The third-order valence-corrected chi connectivity index (χ3v) is 3.94. The van der Waals surface area contributed by atoms with E-state index in [1.165, 1.54) is 6.42 Å². The molecule has 0 bridgehead atoms. The normalized spacial score (nSPS) is 17.4. The minimum absolute atomic E-state index is 0.0390. The van der Waals surface area contributed by atoms with Crippen LogP contribution < -0.4 is 15.2 Å². The number of hydrogen-bond donors (Lipinski definition) is 1. The molecule has 1 aliphatic heterocycles. The molecular weight excluding hydrogens is 256 g/mol. The number of benzene rings is 1. The van der Waals surface area contributed by atoms with Crippen LogP contribution in [0.3, 0.4) is 0 Å². The van der Waals surface area contributed by atoms with Crippen LogP contribution in [0.5, 0.6) is 11.5 Å². The number of ether oxygens (including phenoxy) is 2. The first-order valence-corrected chi connectivity index (χ1v) is 7.20. The van der Waals surface area contributed by atoms with Crippen molar-refractivity contribution >= 4 is 5.91 Å². The van der Waals surface area contributed by atoms with Gasteiger partial charge >= 0.3 is 0 Å². The average molecular weight is 276 g/mol. The lowest BCUT2D eigenvalue weighted by molar-refractivity contribution is 0.0587. The van der Waals surface area contributed by atoms with Crippen LogP contribution in [0.2, 0.25) is 0 Å². The van der Waals surface area contributed by atoms with Crippen molar-refractivity contribution in [2.24, 2.45) is 5.73 Å². The number of amides is 1. The van der Waals surface area contributed by atoms with E-state index in [0.717, 1.165) is 12.8 Å². The first kappa shape index (κ1) is 13.2. The summed E-state index contributed by atoms with van der Waals surface area (Å²) in [7, 11) is 0. The molecule has 0 aromatic heterocycles. The Morgan fingerprint density at radius 3 is 2.65 bits per heavy atom. The van der Waals surface area contributed by atoms with Gasteiger partial charge in [-0.1, -0.05) is 0 Å². The fraction of sp³-hybridized carbons (Fsp3) is 0.533. The largest absolute Gasteiger partial charge is 0.486 e. The molecular formula is C15H20N2O3. The van der Waals surface area contributed by atoms with Gasteiger partial charge in [0.2, 0.25) is 0 Å². The minimum atomic E-state index is 0.0390. The molecule has 1 aromatic rings. The van der Waals surface area contributed by atoms with Gasteiger partial charge in [-0.05, 0) is 37.5 Å². The van der Waals surface area contributed by atoms with Gasteiger partial charge < -0.3 is 20.1 Å². The standard InChI is InChI=1S/C15H20N2O3/c16-6-7-17(12-2-1-3-12)15(18)11-4-5-13-14(10-11)20-9-8-19-13/h4-5,10,12H,1-3,6-9,16H2. The molecule has 0 saturated heterocycles. The second-order valence-corrected chi connectivity index (χ2v) is 5.23. The van der Waals surface area contributed by atoms with E-state index in [0.29, 0.717) is 49.4 Å². The number of nitrogens with zero attached hydrogens (tertiary/aromatic N) is 1. The minimum Gasteiger partial charge on any atom is -0.486 e. The number of carbonyl (C=O) groups is 1. The maximum absolute atomic E-state index is 12.6. The van der Waals surface area contributed by atoms with Crippen molar-refractivity contribution in [2.45, 2.75) is 25.3 Å². The summed E-state index contributed by atoms with van der Waals surface area (Å²) in [5.41, 5.74) is 6.28. The monoisotopic (exact) mass is 276 g/mol. The van der Waals surface area contributed by atoms with Gasteiger partial charge in [0.1, 0.15) is 13.2 Å². The van der Waals surface area contributed by atoms with Crippen molar-refractivity contribution in [2.75, 3.05) is 26.3 Å². The van der Waals surface area contributed by atoms with E-state index in [1.807, 2.05) is 11.0 Å². The Kier molecular flexibility index (Phi) is 3.78. The lowest BCUT2D eigenvalue weighted by Crippen LogP contribution is -2.46. The summed E-state index contributed by atoms with van der Waals surface area (Å²) in [6, 6.07) is 5.74. The van der Waals surface area contributed by atoms with E-state index < -0.39 is 0 Å². The molecule has 3 rings (SSSR count).